The molecule has 0 spiro atoms. The van der Waals surface area contributed by atoms with Gasteiger partial charge in [-0.2, -0.15) is 105 Å². The Kier molecular flexibility index (Phi) is 9.83. The van der Waals surface area contributed by atoms with Crippen LogP contribution in [-0.2, 0) is 0 Å². The molecule has 0 fully saturated rings. The van der Waals surface area contributed by atoms with Gasteiger partial charge in [-0.1, -0.05) is 0 Å². The molecule has 0 aromatic heterocycles. The summed E-state index contributed by atoms with van der Waals surface area (Å²) < 4.78 is 384. The third-order valence-corrected chi connectivity index (χ3v) is 12.1. The fraction of sp³-hybridized carbons (Fsp3) is 0.750. The summed E-state index contributed by atoms with van der Waals surface area (Å²) in [5, 5.41) is -8.60. The Morgan fingerprint density at radius 1 is 0.404 bits per heavy atom. The highest BCUT2D eigenvalue weighted by Gasteiger charge is 3.02. The molecule has 47 heavy (non-hydrogen) atoms. The van der Waals surface area contributed by atoms with Crippen molar-refractivity contribution >= 4 is 28.9 Å². The lowest BCUT2D eigenvalue weighted by Gasteiger charge is -2.53. The van der Waals surface area contributed by atoms with E-state index in [2.05, 4.69) is 22.2 Å². The highest BCUT2D eigenvalue weighted by Crippen LogP contribution is 2.79. The minimum atomic E-state index is -9.94. The summed E-state index contributed by atoms with van der Waals surface area (Å²) in [7, 11) is 0. The van der Waals surface area contributed by atoms with Gasteiger partial charge in [0.1, 0.15) is 0 Å². The van der Waals surface area contributed by atoms with Crippen LogP contribution in [0.15, 0.2) is 23.3 Å². The topological polar surface area (TPSA) is 0 Å². The van der Waals surface area contributed by atoms with Gasteiger partial charge in [0, 0.05) is 0 Å². The lowest BCUT2D eigenvalue weighted by atomic mass is 9.79. The van der Waals surface area contributed by atoms with Crippen LogP contribution in [0.2, 0.25) is 5.04 Å². The van der Waals surface area contributed by atoms with E-state index in [-0.39, 0.29) is 0 Å². The lowest BCUT2D eigenvalue weighted by molar-refractivity contribution is -0.464. The first-order valence-corrected chi connectivity index (χ1v) is 13.9. The number of halogens is 30. The SMILES string of the molecule is FC1=C(F)C(F)(F)C(C(F)(F)C(F)(F)C(F)(F)C(F)(F)C(F)(F)C(F)(F)C(F)(F)C(F)(F)F)([Si](Cl)(Cl)C(F)(F)C(F)(F)F)C(F)=C1F. The molecular weight excluding hydrogens is 823 g/mol. The fourth-order valence-corrected chi connectivity index (χ4v) is 8.31. The molecule has 278 valence electrons. The predicted octanol–water partition coefficient (Wildman–Crippen LogP) is 11.3. The molecule has 1 aliphatic rings. The van der Waals surface area contributed by atoms with Crippen LogP contribution in [0.25, 0.3) is 0 Å². The summed E-state index contributed by atoms with van der Waals surface area (Å²) in [6.45, 7) is -9.94. The molecule has 0 aromatic rings. The second kappa shape index (κ2) is 10.7. The molecule has 0 saturated carbocycles. The van der Waals surface area contributed by atoms with Crippen molar-refractivity contribution in [2.45, 2.75) is 70.3 Å². The Balaban J connectivity index is 4.57. The average molecular weight is 823 g/mol. The molecule has 0 nitrogen and oxygen atoms in total. The second-order valence-corrected chi connectivity index (χ2v) is 15.3. The molecule has 0 bridgehead atoms. The summed E-state index contributed by atoms with van der Waals surface area (Å²) >= 11 is 8.19. The molecule has 1 aliphatic carbocycles. The third-order valence-electron chi connectivity index (χ3n) is 6.07. The summed E-state index contributed by atoms with van der Waals surface area (Å²) in [4.78, 5) is 0. The van der Waals surface area contributed by atoms with E-state index in [0.717, 1.165) is 0 Å². The van der Waals surface area contributed by atoms with Crippen molar-refractivity contribution in [2.75, 3.05) is 0 Å². The molecule has 0 amide bonds. The molecule has 1 atom stereocenters. The zero-order chi connectivity index (χ0) is 38.8. The van der Waals surface area contributed by atoms with Crippen LogP contribution in [-0.4, -0.2) is 72.0 Å². The highest BCUT2D eigenvalue weighted by molar-refractivity contribution is 7.48. The number of allylic oxidation sites excluding steroid dienone is 4. The number of hydrogen-bond acceptors (Lipinski definition) is 0. The summed E-state index contributed by atoms with van der Waals surface area (Å²) in [6.07, 6.45) is -16.4. The number of alkyl halides is 24. The van der Waals surface area contributed by atoms with Crippen LogP contribution in [0.5, 0.6) is 0 Å². The summed E-state index contributed by atoms with van der Waals surface area (Å²) in [5.41, 5.74) is -8.22. The van der Waals surface area contributed by atoms with Crippen molar-refractivity contribution in [2.24, 2.45) is 0 Å². The van der Waals surface area contributed by atoms with Crippen LogP contribution in [0.4, 0.5) is 123 Å². The Morgan fingerprint density at radius 3 is 0.979 bits per heavy atom. The first kappa shape index (κ1) is 43.3. The van der Waals surface area contributed by atoms with Crippen LogP contribution in [0, 0.1) is 0 Å². The molecule has 1 unspecified atom stereocenters. The van der Waals surface area contributed by atoms with E-state index >= 15 is 8.78 Å². The van der Waals surface area contributed by atoms with Gasteiger partial charge in [0.2, 0.25) is 5.83 Å². The first-order chi connectivity index (χ1) is 19.9. The monoisotopic (exact) mass is 822 g/mol. The molecule has 0 aliphatic heterocycles. The van der Waals surface area contributed by atoms with E-state index in [1.165, 1.54) is 0 Å². The van der Waals surface area contributed by atoms with E-state index in [1.54, 1.807) is 0 Å². The van der Waals surface area contributed by atoms with Crippen molar-refractivity contribution in [3.8, 4) is 0 Å². The molecule has 0 N–H and O–H groups in total. The van der Waals surface area contributed by atoms with Crippen molar-refractivity contribution in [3.63, 3.8) is 0 Å². The van der Waals surface area contributed by atoms with E-state index in [9.17, 15) is 114 Å². The maximum atomic E-state index is 15.1. The van der Waals surface area contributed by atoms with Gasteiger partial charge < -0.3 is 0 Å². The molecule has 0 aromatic carbocycles. The zero-order valence-electron chi connectivity index (χ0n) is 19.8. The second-order valence-electron chi connectivity index (χ2n) is 8.75. The standard InChI is InChI=1S/C16Cl2F28Si/c17-47(18,16(45,46)15(42,43)44)5(3(21)1(19)2(20)4(22)6(5,23)24)7(25,26)8(27,28)9(29,30)10(31,32)11(33,34)12(35,36)13(37,38)14(39,40)41. The smallest absolute Gasteiger partial charge is 0.208 e. The Labute approximate surface area is 246 Å². The van der Waals surface area contributed by atoms with E-state index < -0.39 is 100 Å². The van der Waals surface area contributed by atoms with Crippen molar-refractivity contribution in [1.82, 2.24) is 0 Å². The Hall–Kier alpha value is -1.68. The number of rotatable bonds is 9. The Morgan fingerprint density at radius 2 is 0.681 bits per heavy atom. The van der Waals surface area contributed by atoms with Crippen LogP contribution in [0.1, 0.15) is 0 Å². The van der Waals surface area contributed by atoms with Crippen molar-refractivity contribution in [3.05, 3.63) is 23.3 Å². The van der Waals surface area contributed by atoms with Gasteiger partial charge in [0.15, 0.2) is 22.5 Å². The first-order valence-electron chi connectivity index (χ1n) is 9.92. The fourth-order valence-electron chi connectivity index (χ4n) is 3.48. The van der Waals surface area contributed by atoms with E-state index in [4.69, 9.17) is 0 Å². The normalized spacial score (nSPS) is 22.3. The summed E-state index contributed by atoms with van der Waals surface area (Å²) in [6, 6.07) is 0. The molecule has 0 saturated heterocycles. The van der Waals surface area contributed by atoms with E-state index in [0.29, 0.717) is 0 Å². The number of hydrogen-bond donors (Lipinski definition) is 0. The molecular formula is C16Cl2F28Si. The van der Waals surface area contributed by atoms with Crippen LogP contribution >= 0.6 is 22.2 Å². The van der Waals surface area contributed by atoms with Gasteiger partial charge in [0.25, 0.3) is 0 Å². The Bertz CT molecular complexity index is 1310. The lowest BCUT2D eigenvalue weighted by Crippen LogP contribution is -2.79. The maximum Gasteiger partial charge on any atom is 0.460 e. The molecule has 1 rings (SSSR count). The van der Waals surface area contributed by atoms with Crippen molar-refractivity contribution in [1.29, 1.82) is 0 Å². The quantitative estimate of drug-likeness (QED) is 0.123. The summed E-state index contributed by atoms with van der Waals surface area (Å²) in [5.74, 6) is -94.8. The van der Waals surface area contributed by atoms with E-state index in [1.807, 2.05) is 0 Å². The highest BCUT2D eigenvalue weighted by atomic mass is 35.7. The third kappa shape index (κ3) is 4.67. The van der Waals surface area contributed by atoms with Gasteiger partial charge in [-0.15, -0.1) is 22.2 Å². The average Bonchev–Trinajstić information content (AvgIpc) is 2.83. The van der Waals surface area contributed by atoms with Crippen LogP contribution in [0.3, 0.4) is 0 Å². The maximum absolute atomic E-state index is 15.1. The zero-order valence-corrected chi connectivity index (χ0v) is 22.4. The van der Waals surface area contributed by atoms with Gasteiger partial charge in [-0.3, -0.25) is 0 Å². The molecule has 0 radical (unpaired) electrons. The minimum Gasteiger partial charge on any atom is -0.208 e. The van der Waals surface area contributed by atoms with Gasteiger partial charge in [-0.25, -0.2) is 17.6 Å². The largest absolute Gasteiger partial charge is 0.460 e. The molecule has 0 heterocycles. The molecule has 31 heteroatoms. The van der Waals surface area contributed by atoms with Crippen LogP contribution < -0.4 is 0 Å². The minimum absolute atomic E-state index is 4.10. The van der Waals surface area contributed by atoms with Crippen molar-refractivity contribution < 1.29 is 123 Å². The predicted molar refractivity (Wildman–Crippen MR) is 95.3 cm³/mol. The van der Waals surface area contributed by atoms with Gasteiger partial charge in [0.05, 0.1) is 0 Å². The van der Waals surface area contributed by atoms with Gasteiger partial charge in [-0.05, 0) is 0 Å². The van der Waals surface area contributed by atoms with Gasteiger partial charge >= 0.3 is 72.0 Å².